The first-order valence-electron chi connectivity index (χ1n) is 12.9. The van der Waals surface area contributed by atoms with Crippen LogP contribution < -0.4 is 15.4 Å². The molecule has 5 rings (SSSR count). The predicted octanol–water partition coefficient (Wildman–Crippen LogP) is 3.74. The van der Waals surface area contributed by atoms with Crippen LogP contribution in [0.25, 0.3) is 0 Å². The molecular weight excluding hydrogens is 570 g/mol. The highest BCUT2D eigenvalue weighted by Gasteiger charge is 2.75. The fourth-order valence-corrected chi connectivity index (χ4v) is 9.92. The van der Waals surface area contributed by atoms with Crippen molar-refractivity contribution >= 4 is 56.8 Å². The number of para-hydroxylation sites is 1. The topological polar surface area (TPSA) is 108 Å². The summed E-state index contributed by atoms with van der Waals surface area (Å²) in [5.74, 6) is -1.33. The second-order valence-corrected chi connectivity index (χ2v) is 12.8. The molecule has 202 valence electrons. The number of hydrogen-bond donors (Lipinski definition) is 3. The van der Waals surface area contributed by atoms with E-state index in [1.54, 1.807) is 36.0 Å². The molecule has 3 aliphatic heterocycles. The van der Waals surface area contributed by atoms with Crippen molar-refractivity contribution in [3.63, 3.8) is 0 Å². The van der Waals surface area contributed by atoms with Crippen LogP contribution >= 0.6 is 27.7 Å². The van der Waals surface area contributed by atoms with Gasteiger partial charge < -0.3 is 25.4 Å². The van der Waals surface area contributed by atoms with Crippen LogP contribution in [0.3, 0.4) is 0 Å². The van der Waals surface area contributed by atoms with Gasteiger partial charge >= 0.3 is 0 Å². The van der Waals surface area contributed by atoms with Gasteiger partial charge in [-0.25, -0.2) is 0 Å². The molecule has 3 N–H and O–H groups in total. The highest BCUT2D eigenvalue weighted by atomic mass is 79.9. The molecule has 0 aliphatic carbocycles. The number of alkyl halides is 1. The summed E-state index contributed by atoms with van der Waals surface area (Å²) in [5.41, 5.74) is 3.21. The Morgan fingerprint density at radius 1 is 1.13 bits per heavy atom. The van der Waals surface area contributed by atoms with E-state index in [2.05, 4.69) is 26.6 Å². The minimum Gasteiger partial charge on any atom is -0.494 e. The molecule has 3 heterocycles. The highest BCUT2D eigenvalue weighted by molar-refractivity contribution is 9.09. The molecule has 0 radical (unpaired) electrons. The second kappa shape index (κ2) is 10.5. The summed E-state index contributed by atoms with van der Waals surface area (Å²) >= 11 is 5.33. The van der Waals surface area contributed by atoms with Gasteiger partial charge in [-0.3, -0.25) is 14.4 Å². The van der Waals surface area contributed by atoms with Gasteiger partial charge in [0.2, 0.25) is 17.7 Å². The van der Waals surface area contributed by atoms with Crippen molar-refractivity contribution in [3.05, 3.63) is 53.6 Å². The number of carbonyl (C=O) groups is 3. The Kier molecular flexibility index (Phi) is 7.50. The number of carbonyl (C=O) groups excluding carboxylic acids is 3. The zero-order valence-electron chi connectivity index (χ0n) is 21.6. The maximum absolute atomic E-state index is 13.9. The highest BCUT2D eigenvalue weighted by Crippen LogP contribution is 2.67. The molecule has 3 unspecified atom stereocenters. The van der Waals surface area contributed by atoms with Crippen molar-refractivity contribution < 1.29 is 24.2 Å². The van der Waals surface area contributed by atoms with Crippen LogP contribution in [-0.2, 0) is 14.4 Å². The summed E-state index contributed by atoms with van der Waals surface area (Å²) in [6, 6.07) is 12.1. The number of fused-ring (bicyclic) bond motifs is 1. The van der Waals surface area contributed by atoms with E-state index in [9.17, 15) is 19.5 Å². The molecule has 0 saturated carbocycles. The second-order valence-electron chi connectivity index (χ2n) is 10.1. The molecule has 3 amide bonds. The van der Waals surface area contributed by atoms with Gasteiger partial charge in [-0.15, -0.1) is 11.8 Å². The number of aliphatic hydroxyl groups is 1. The average Bonchev–Trinajstić information content (AvgIpc) is 3.47. The first kappa shape index (κ1) is 27.0. The summed E-state index contributed by atoms with van der Waals surface area (Å²) in [7, 11) is 0. The molecule has 6 atom stereocenters. The maximum Gasteiger partial charge on any atom is 0.248 e. The van der Waals surface area contributed by atoms with Crippen LogP contribution in [-0.4, -0.2) is 68.4 Å². The van der Waals surface area contributed by atoms with Crippen molar-refractivity contribution in [1.29, 1.82) is 0 Å². The number of hydrogen-bond acceptors (Lipinski definition) is 6. The van der Waals surface area contributed by atoms with Crippen molar-refractivity contribution in [1.82, 2.24) is 4.90 Å². The van der Waals surface area contributed by atoms with E-state index in [1.807, 2.05) is 39.0 Å². The van der Waals surface area contributed by atoms with E-state index >= 15 is 0 Å². The smallest absolute Gasteiger partial charge is 0.248 e. The number of benzene rings is 2. The molecule has 3 fully saturated rings. The van der Waals surface area contributed by atoms with Gasteiger partial charge in [0.25, 0.3) is 0 Å². The maximum atomic E-state index is 13.9. The van der Waals surface area contributed by atoms with Gasteiger partial charge in [0.1, 0.15) is 11.8 Å². The number of halogens is 1. The van der Waals surface area contributed by atoms with Crippen LogP contribution in [0.5, 0.6) is 5.75 Å². The van der Waals surface area contributed by atoms with Gasteiger partial charge in [0, 0.05) is 28.0 Å². The third kappa shape index (κ3) is 4.40. The largest absolute Gasteiger partial charge is 0.494 e. The van der Waals surface area contributed by atoms with Crippen LogP contribution in [0.1, 0.15) is 24.5 Å². The zero-order valence-corrected chi connectivity index (χ0v) is 24.0. The number of aryl methyl sites for hydroxylation is 2. The Morgan fingerprint density at radius 3 is 2.45 bits per heavy atom. The van der Waals surface area contributed by atoms with Gasteiger partial charge in [0.15, 0.2) is 0 Å². The minimum absolute atomic E-state index is 0.0304. The average molecular weight is 603 g/mol. The van der Waals surface area contributed by atoms with Crippen molar-refractivity contribution in [2.24, 2.45) is 11.8 Å². The molecule has 10 heteroatoms. The van der Waals surface area contributed by atoms with E-state index < -0.39 is 22.6 Å². The molecule has 2 aromatic carbocycles. The number of nitrogens with zero attached hydrogens (tertiary/aromatic N) is 1. The van der Waals surface area contributed by atoms with Crippen LogP contribution in [0.4, 0.5) is 11.4 Å². The molecule has 2 bridgehead atoms. The van der Waals surface area contributed by atoms with E-state index in [4.69, 9.17) is 4.74 Å². The van der Waals surface area contributed by atoms with Crippen LogP contribution in [0.2, 0.25) is 0 Å². The molecule has 1 spiro atoms. The van der Waals surface area contributed by atoms with Crippen molar-refractivity contribution in [2.45, 2.75) is 48.1 Å². The molecule has 8 nitrogen and oxygen atoms in total. The molecule has 2 aromatic rings. The van der Waals surface area contributed by atoms with E-state index in [0.29, 0.717) is 24.5 Å². The quantitative estimate of drug-likeness (QED) is 0.398. The number of rotatable bonds is 8. The Hall–Kier alpha value is -2.56. The van der Waals surface area contributed by atoms with Crippen molar-refractivity contribution in [2.75, 3.05) is 30.4 Å². The van der Waals surface area contributed by atoms with E-state index in [1.165, 1.54) is 4.90 Å². The summed E-state index contributed by atoms with van der Waals surface area (Å²) < 4.78 is 4.71. The first-order chi connectivity index (χ1) is 18.2. The normalized spacial score (nSPS) is 29.3. The lowest BCUT2D eigenvalue weighted by Gasteiger charge is -2.35. The van der Waals surface area contributed by atoms with Gasteiger partial charge in [0.05, 0.1) is 29.8 Å². The van der Waals surface area contributed by atoms with E-state index in [-0.39, 0.29) is 41.0 Å². The summed E-state index contributed by atoms with van der Waals surface area (Å²) in [4.78, 5) is 42.9. The fourth-order valence-electron chi connectivity index (χ4n) is 6.31. The van der Waals surface area contributed by atoms with Crippen LogP contribution in [0, 0.1) is 25.7 Å². The SMILES string of the molecule is CCOc1ccc(NC(=O)[C@H]2[C@@H]3SC4(CC3Br)C(C(=O)Nc3c(C)cccc3C)N(CCO)C(=O)[C@H]24)cc1. The zero-order chi connectivity index (χ0) is 27.2. The standard InChI is InChI=1S/C28H32BrN3O5S/c1-4-37-18-10-8-17(9-11-18)30-25(34)20-21-27(36)32(12-13-33)24(28(21)14-19(29)23(20)38-28)26(35)31-22-15(2)6-5-7-16(22)3/h5-11,19-21,23-24,33H,4,12-14H2,1-3H3,(H,30,34)(H,31,35)/t19?,20-,21+,23-,24?,28?/m1/s1. The summed E-state index contributed by atoms with van der Waals surface area (Å²) in [6.45, 7) is 6.09. The number of likely N-dealkylation sites (tertiary alicyclic amines) is 1. The van der Waals surface area contributed by atoms with Gasteiger partial charge in [-0.05, 0) is 62.6 Å². The Balaban J connectivity index is 1.45. The number of thioether (sulfide) groups is 1. The predicted molar refractivity (Wildman–Crippen MR) is 152 cm³/mol. The van der Waals surface area contributed by atoms with Gasteiger partial charge in [-0.1, -0.05) is 34.1 Å². The fraction of sp³-hybridized carbons (Fsp3) is 0.464. The number of β-amino-alcohol motifs (C(OH)–C–C–N with tert-alkyl or cyclic N) is 1. The number of nitrogens with one attached hydrogen (secondary N) is 2. The number of anilines is 2. The lowest BCUT2D eigenvalue weighted by atomic mass is 9.70. The molecule has 3 aliphatic rings. The lowest BCUT2D eigenvalue weighted by molar-refractivity contribution is -0.138. The third-order valence-corrected chi connectivity index (χ3v) is 11.1. The third-order valence-electron chi connectivity index (χ3n) is 7.84. The van der Waals surface area contributed by atoms with Crippen molar-refractivity contribution in [3.8, 4) is 5.75 Å². The minimum atomic E-state index is -0.801. The molecule has 0 aromatic heterocycles. The number of ether oxygens (including phenoxy) is 1. The molecule has 38 heavy (non-hydrogen) atoms. The molecular formula is C28H32BrN3O5S. The Bertz CT molecular complexity index is 1240. The number of amides is 3. The Morgan fingerprint density at radius 2 is 1.82 bits per heavy atom. The van der Waals surface area contributed by atoms with E-state index in [0.717, 1.165) is 16.8 Å². The molecule has 3 saturated heterocycles. The Labute approximate surface area is 235 Å². The summed E-state index contributed by atoms with van der Waals surface area (Å²) in [6.07, 6.45) is 0.582. The lowest BCUT2D eigenvalue weighted by Crippen LogP contribution is -2.53. The van der Waals surface area contributed by atoms with Crippen LogP contribution in [0.15, 0.2) is 42.5 Å². The number of aliphatic hydroxyl groups excluding tert-OH is 1. The monoisotopic (exact) mass is 601 g/mol. The summed E-state index contributed by atoms with van der Waals surface area (Å²) in [5, 5.41) is 15.7. The first-order valence-corrected chi connectivity index (χ1v) is 14.7. The van der Waals surface area contributed by atoms with Gasteiger partial charge in [-0.2, -0.15) is 0 Å².